The lowest BCUT2D eigenvalue weighted by Gasteiger charge is -2.37. The molecule has 2 atom stereocenters. The summed E-state index contributed by atoms with van der Waals surface area (Å²) >= 11 is 13.8. The molecule has 1 aromatic heterocycles. The number of benzene rings is 2. The zero-order valence-electron chi connectivity index (χ0n) is 21.0. The second-order valence-electron chi connectivity index (χ2n) is 9.14. The molecule has 3 aromatic rings. The quantitative estimate of drug-likeness (QED) is 0.295. The molecular weight excluding hydrogens is 551 g/mol. The molecular formula is C27H30Cl2N2O4S2. The molecule has 0 radical (unpaired) electrons. The third-order valence-electron chi connectivity index (χ3n) is 6.75. The van der Waals surface area contributed by atoms with Gasteiger partial charge in [-0.15, -0.1) is 11.3 Å². The zero-order chi connectivity index (χ0) is 26.7. The van der Waals surface area contributed by atoms with Gasteiger partial charge in [-0.05, 0) is 91.7 Å². The van der Waals surface area contributed by atoms with Crippen molar-refractivity contribution < 1.29 is 17.9 Å². The number of carbonyl (C=O) groups excluding carboxylic acids is 1. The first-order chi connectivity index (χ1) is 17.6. The van der Waals surface area contributed by atoms with E-state index in [-0.39, 0.29) is 36.0 Å². The number of thiophene rings is 1. The number of ether oxygens (including phenoxy) is 1. The molecule has 0 N–H and O–H groups in total. The van der Waals surface area contributed by atoms with Crippen molar-refractivity contribution in [3.63, 3.8) is 0 Å². The normalized spacial score (nSPS) is 16.5. The van der Waals surface area contributed by atoms with Gasteiger partial charge in [-0.1, -0.05) is 30.1 Å². The number of nitrogens with zero attached hydrogens (tertiary/aromatic N) is 2. The molecule has 2 heterocycles. The van der Waals surface area contributed by atoms with Crippen LogP contribution in [0.2, 0.25) is 10.0 Å². The molecule has 4 rings (SSSR count). The van der Waals surface area contributed by atoms with E-state index in [2.05, 4.69) is 0 Å². The van der Waals surface area contributed by atoms with Gasteiger partial charge in [0.15, 0.2) is 0 Å². The highest BCUT2D eigenvalue weighted by molar-refractivity contribution is 7.89. The van der Waals surface area contributed by atoms with Gasteiger partial charge in [-0.2, -0.15) is 4.31 Å². The minimum atomic E-state index is -3.91. The van der Waals surface area contributed by atoms with Crippen LogP contribution < -0.4 is 4.74 Å². The van der Waals surface area contributed by atoms with Gasteiger partial charge in [0.1, 0.15) is 12.4 Å². The number of amides is 1. The van der Waals surface area contributed by atoms with Crippen molar-refractivity contribution in [2.75, 3.05) is 19.7 Å². The van der Waals surface area contributed by atoms with Crippen LogP contribution in [-0.4, -0.2) is 49.3 Å². The molecule has 1 aliphatic rings. The van der Waals surface area contributed by atoms with Crippen LogP contribution in [0.1, 0.15) is 42.3 Å². The lowest BCUT2D eigenvalue weighted by molar-refractivity contribution is -0.135. The highest BCUT2D eigenvalue weighted by atomic mass is 35.5. The summed E-state index contributed by atoms with van der Waals surface area (Å²) in [7, 11) is -3.91. The predicted octanol–water partition coefficient (Wildman–Crippen LogP) is 6.36. The minimum absolute atomic E-state index is 0.113. The summed E-state index contributed by atoms with van der Waals surface area (Å²) in [6.45, 7) is 6.13. The van der Waals surface area contributed by atoms with Crippen LogP contribution in [0.3, 0.4) is 0 Å². The van der Waals surface area contributed by atoms with E-state index < -0.39 is 10.0 Å². The Hall–Kier alpha value is -2.10. The average Bonchev–Trinajstić information content (AvgIpc) is 3.36. The Kier molecular flexibility index (Phi) is 8.86. The van der Waals surface area contributed by atoms with Crippen LogP contribution in [-0.2, 0) is 21.2 Å². The highest BCUT2D eigenvalue weighted by Crippen LogP contribution is 2.35. The third-order valence-corrected chi connectivity index (χ3v) is 10.4. The number of fused-ring (bicyclic) bond motifs is 1. The first-order valence-corrected chi connectivity index (χ1v) is 15.2. The number of carbonyl (C=O) groups is 1. The molecule has 0 aliphatic carbocycles. The molecule has 0 spiro atoms. The lowest BCUT2D eigenvalue weighted by atomic mass is 10.0. The Bertz CT molecular complexity index is 1360. The van der Waals surface area contributed by atoms with Crippen LogP contribution in [0, 0.1) is 6.92 Å². The Labute approximate surface area is 232 Å². The molecule has 0 unspecified atom stereocenters. The van der Waals surface area contributed by atoms with Gasteiger partial charge in [-0.25, -0.2) is 8.42 Å². The summed E-state index contributed by atoms with van der Waals surface area (Å²) in [5, 5.41) is 3.13. The molecule has 198 valence electrons. The van der Waals surface area contributed by atoms with Crippen molar-refractivity contribution in [2.45, 2.75) is 50.6 Å². The smallest absolute Gasteiger partial charge is 0.243 e. The van der Waals surface area contributed by atoms with Crippen LogP contribution in [0.4, 0.5) is 0 Å². The van der Waals surface area contributed by atoms with Crippen molar-refractivity contribution >= 4 is 50.5 Å². The molecule has 0 fully saturated rings. The number of rotatable bonds is 9. The van der Waals surface area contributed by atoms with Gasteiger partial charge < -0.3 is 9.64 Å². The van der Waals surface area contributed by atoms with E-state index in [0.29, 0.717) is 28.8 Å². The van der Waals surface area contributed by atoms with Crippen LogP contribution in [0.5, 0.6) is 5.75 Å². The molecule has 0 bridgehead atoms. The molecule has 1 aliphatic heterocycles. The predicted molar refractivity (Wildman–Crippen MR) is 149 cm³/mol. The van der Waals surface area contributed by atoms with Crippen LogP contribution in [0.15, 0.2) is 58.8 Å². The maximum absolute atomic E-state index is 13.7. The Morgan fingerprint density at radius 2 is 1.92 bits per heavy atom. The topological polar surface area (TPSA) is 66.9 Å². The third kappa shape index (κ3) is 6.15. The standard InChI is InChI=1S/C27H30Cl2N2O4S2/c1-4-19(3)31(37(33,34)22-8-5-20(28)6-9-22)16-27(32)30-13-11-26-23(12-14-36-26)25(30)17-35-21-7-10-24(29)18(2)15-21/h5-10,12,14-15,19,25H,4,11,13,16-17H2,1-3H3/t19-,25-/m1/s1. The monoisotopic (exact) mass is 580 g/mol. The Morgan fingerprint density at radius 1 is 1.19 bits per heavy atom. The second kappa shape index (κ2) is 11.7. The first kappa shape index (κ1) is 27.9. The van der Waals surface area contributed by atoms with E-state index in [1.807, 2.05) is 44.4 Å². The van der Waals surface area contributed by atoms with Gasteiger partial charge in [0, 0.05) is 27.5 Å². The fourth-order valence-corrected chi connectivity index (χ4v) is 7.23. The summed E-state index contributed by atoms with van der Waals surface area (Å²) in [6.07, 6.45) is 1.29. The summed E-state index contributed by atoms with van der Waals surface area (Å²) in [5.41, 5.74) is 1.95. The molecule has 0 saturated carbocycles. The summed E-state index contributed by atoms with van der Waals surface area (Å²) in [4.78, 5) is 16.8. The van der Waals surface area contributed by atoms with E-state index in [1.165, 1.54) is 21.3 Å². The lowest BCUT2D eigenvalue weighted by Crippen LogP contribution is -2.49. The first-order valence-electron chi connectivity index (χ1n) is 12.1. The number of hydrogen-bond acceptors (Lipinski definition) is 5. The fourth-order valence-electron chi connectivity index (χ4n) is 4.40. The highest BCUT2D eigenvalue weighted by Gasteiger charge is 2.36. The molecule has 0 saturated heterocycles. The number of aryl methyl sites for hydroxylation is 1. The van der Waals surface area contributed by atoms with E-state index in [9.17, 15) is 13.2 Å². The van der Waals surface area contributed by atoms with E-state index in [1.54, 1.807) is 34.4 Å². The zero-order valence-corrected chi connectivity index (χ0v) is 24.1. The minimum Gasteiger partial charge on any atom is -0.491 e. The van der Waals surface area contributed by atoms with Crippen LogP contribution in [0.25, 0.3) is 0 Å². The van der Waals surface area contributed by atoms with Crippen molar-refractivity contribution in [2.24, 2.45) is 0 Å². The van der Waals surface area contributed by atoms with Crippen molar-refractivity contribution in [1.82, 2.24) is 9.21 Å². The van der Waals surface area contributed by atoms with E-state index in [0.717, 1.165) is 17.5 Å². The van der Waals surface area contributed by atoms with E-state index >= 15 is 0 Å². The molecule has 10 heteroatoms. The Morgan fingerprint density at radius 3 is 2.59 bits per heavy atom. The largest absolute Gasteiger partial charge is 0.491 e. The second-order valence-corrected chi connectivity index (χ2v) is 12.9. The number of hydrogen-bond donors (Lipinski definition) is 0. The van der Waals surface area contributed by atoms with Crippen molar-refractivity contribution in [3.8, 4) is 5.75 Å². The van der Waals surface area contributed by atoms with Gasteiger partial charge in [0.05, 0.1) is 17.5 Å². The number of halogens is 2. The van der Waals surface area contributed by atoms with Gasteiger partial charge in [0.2, 0.25) is 15.9 Å². The maximum Gasteiger partial charge on any atom is 0.243 e. The molecule has 2 aromatic carbocycles. The van der Waals surface area contributed by atoms with Crippen LogP contribution >= 0.6 is 34.5 Å². The summed E-state index contributed by atoms with van der Waals surface area (Å²) < 4.78 is 34.5. The van der Waals surface area contributed by atoms with Crippen molar-refractivity contribution in [1.29, 1.82) is 0 Å². The summed E-state index contributed by atoms with van der Waals surface area (Å²) in [6, 6.07) is 12.8. The van der Waals surface area contributed by atoms with Gasteiger partial charge in [0.25, 0.3) is 0 Å². The van der Waals surface area contributed by atoms with Gasteiger partial charge in [-0.3, -0.25) is 4.79 Å². The molecule has 1 amide bonds. The van der Waals surface area contributed by atoms with Gasteiger partial charge >= 0.3 is 0 Å². The molecule has 37 heavy (non-hydrogen) atoms. The average molecular weight is 582 g/mol. The summed E-state index contributed by atoms with van der Waals surface area (Å²) in [5.74, 6) is 0.416. The maximum atomic E-state index is 13.7. The SMILES string of the molecule is CC[C@@H](C)N(CC(=O)N1CCc2sccc2[C@H]1COc1ccc(Cl)c(C)c1)S(=O)(=O)c1ccc(Cl)cc1. The van der Waals surface area contributed by atoms with Crippen molar-refractivity contribution in [3.05, 3.63) is 80.0 Å². The van der Waals surface area contributed by atoms with E-state index in [4.69, 9.17) is 27.9 Å². The Balaban J connectivity index is 1.59. The fraction of sp³-hybridized carbons (Fsp3) is 0.370. The molecule has 6 nitrogen and oxygen atoms in total. The number of sulfonamides is 1.